The molecule has 4 nitrogen and oxygen atoms in total. The van der Waals surface area contributed by atoms with E-state index in [4.69, 9.17) is 17.3 Å². The first-order valence-corrected chi connectivity index (χ1v) is 6.38. The van der Waals surface area contributed by atoms with E-state index in [0.717, 1.165) is 5.57 Å². The average Bonchev–Trinajstić information content (AvgIpc) is 2.37. The second-order valence-corrected chi connectivity index (χ2v) is 4.95. The molecule has 5 heteroatoms. The van der Waals surface area contributed by atoms with Gasteiger partial charge in [-0.2, -0.15) is 10.5 Å². The molecule has 1 aliphatic rings. The first-order chi connectivity index (χ1) is 8.48. The first-order valence-electron chi connectivity index (χ1n) is 5.94. The van der Waals surface area contributed by atoms with Crippen molar-refractivity contribution >= 4 is 17.5 Å². The van der Waals surface area contributed by atoms with Crippen LogP contribution in [0.5, 0.6) is 0 Å². The third-order valence-corrected chi connectivity index (χ3v) is 4.19. The largest absolute Gasteiger partial charge is 0.369 e. The number of primary amides is 1. The number of amides is 1. The summed E-state index contributed by atoms with van der Waals surface area (Å²) in [5.41, 5.74) is 4.80. The van der Waals surface area contributed by atoms with E-state index in [9.17, 15) is 15.3 Å². The number of nitrogens with two attached hydrogens (primary N) is 1. The van der Waals surface area contributed by atoms with Gasteiger partial charge < -0.3 is 5.73 Å². The highest BCUT2D eigenvalue weighted by molar-refractivity contribution is 6.24. The van der Waals surface area contributed by atoms with Gasteiger partial charge >= 0.3 is 0 Å². The molecule has 1 aliphatic carbocycles. The Morgan fingerprint density at radius 1 is 1.50 bits per heavy atom. The molecule has 0 aromatic carbocycles. The van der Waals surface area contributed by atoms with Crippen LogP contribution < -0.4 is 5.73 Å². The van der Waals surface area contributed by atoms with Crippen LogP contribution in [-0.2, 0) is 4.79 Å². The van der Waals surface area contributed by atoms with E-state index in [0.29, 0.717) is 12.8 Å². The van der Waals surface area contributed by atoms with E-state index in [2.05, 4.69) is 0 Å². The number of halogens is 1. The van der Waals surface area contributed by atoms with Gasteiger partial charge in [0.05, 0.1) is 23.4 Å². The number of hydrogen-bond acceptors (Lipinski definition) is 3. The zero-order chi connectivity index (χ0) is 13.9. The van der Waals surface area contributed by atoms with Gasteiger partial charge in [0, 0.05) is 5.92 Å². The minimum Gasteiger partial charge on any atom is -0.369 e. The number of nitrogens with zero attached hydrogens (tertiary/aromatic N) is 2. The number of carbonyl (C=O) groups is 1. The zero-order valence-electron chi connectivity index (χ0n) is 10.5. The lowest BCUT2D eigenvalue weighted by molar-refractivity contribution is -0.124. The van der Waals surface area contributed by atoms with Gasteiger partial charge in [-0.15, -0.1) is 11.6 Å². The molecule has 0 radical (unpaired) electrons. The molecular weight excluding hydrogens is 250 g/mol. The van der Waals surface area contributed by atoms with Gasteiger partial charge in [0.15, 0.2) is 5.41 Å². The maximum Gasteiger partial charge on any atom is 0.225 e. The molecular formula is C13H16ClN3O. The van der Waals surface area contributed by atoms with Gasteiger partial charge in [-0.05, 0) is 12.8 Å². The Morgan fingerprint density at radius 2 is 2.06 bits per heavy atom. The van der Waals surface area contributed by atoms with Crippen molar-refractivity contribution in [3.63, 3.8) is 0 Å². The predicted octanol–water partition coefficient (Wildman–Crippen LogP) is 2.11. The Balaban J connectivity index is 3.47. The summed E-state index contributed by atoms with van der Waals surface area (Å²) in [6.07, 6.45) is 3.14. The summed E-state index contributed by atoms with van der Waals surface area (Å²) in [6.45, 7) is 3.81. The predicted molar refractivity (Wildman–Crippen MR) is 68.1 cm³/mol. The van der Waals surface area contributed by atoms with Gasteiger partial charge in [-0.25, -0.2) is 0 Å². The van der Waals surface area contributed by atoms with E-state index < -0.39 is 22.6 Å². The average molecular weight is 266 g/mol. The van der Waals surface area contributed by atoms with Crippen LogP contribution in [-0.4, -0.2) is 11.3 Å². The molecule has 0 saturated carbocycles. The smallest absolute Gasteiger partial charge is 0.225 e. The van der Waals surface area contributed by atoms with E-state index in [1.807, 2.05) is 32.1 Å². The Bertz CT molecular complexity index is 444. The van der Waals surface area contributed by atoms with Gasteiger partial charge in [-0.1, -0.05) is 25.5 Å². The van der Waals surface area contributed by atoms with Crippen molar-refractivity contribution in [3.05, 3.63) is 11.6 Å². The Hall–Kier alpha value is -1.52. The number of hydrogen-bond donors (Lipinski definition) is 1. The van der Waals surface area contributed by atoms with E-state index in [1.54, 1.807) is 0 Å². The number of rotatable bonds is 3. The second kappa shape index (κ2) is 5.42. The highest BCUT2D eigenvalue weighted by Gasteiger charge is 2.54. The maximum atomic E-state index is 11.6. The van der Waals surface area contributed by atoms with E-state index >= 15 is 0 Å². The van der Waals surface area contributed by atoms with Crippen molar-refractivity contribution in [3.8, 4) is 12.1 Å². The molecule has 96 valence electrons. The fraction of sp³-hybridized carbons (Fsp3) is 0.615. The monoisotopic (exact) mass is 265 g/mol. The molecule has 0 saturated heterocycles. The van der Waals surface area contributed by atoms with Gasteiger partial charge in [-0.3, -0.25) is 4.79 Å². The Labute approximate surface area is 112 Å². The number of allylic oxidation sites excluding steroid dienone is 2. The highest BCUT2D eigenvalue weighted by Crippen LogP contribution is 2.47. The summed E-state index contributed by atoms with van der Waals surface area (Å²) < 4.78 is 0. The topological polar surface area (TPSA) is 90.7 Å². The van der Waals surface area contributed by atoms with Crippen LogP contribution in [0.4, 0.5) is 0 Å². The Morgan fingerprint density at radius 3 is 2.39 bits per heavy atom. The summed E-state index contributed by atoms with van der Waals surface area (Å²) >= 11 is 6.24. The molecule has 0 aliphatic heterocycles. The first kappa shape index (κ1) is 14.5. The van der Waals surface area contributed by atoms with Crippen molar-refractivity contribution in [2.45, 2.75) is 32.1 Å². The van der Waals surface area contributed by atoms with Crippen molar-refractivity contribution in [2.75, 3.05) is 0 Å². The molecule has 0 fully saturated rings. The quantitative estimate of drug-likeness (QED) is 0.626. The van der Waals surface area contributed by atoms with Crippen LogP contribution in [0.3, 0.4) is 0 Å². The van der Waals surface area contributed by atoms with Crippen LogP contribution in [0.25, 0.3) is 0 Å². The van der Waals surface area contributed by atoms with Crippen LogP contribution in [0.1, 0.15) is 26.7 Å². The number of carbonyl (C=O) groups excluding carboxylic acids is 1. The summed E-state index contributed by atoms with van der Waals surface area (Å²) in [4.78, 5) is 11.6. The summed E-state index contributed by atoms with van der Waals surface area (Å²) in [7, 11) is 0. The molecule has 1 rings (SSSR count). The third-order valence-electron chi connectivity index (χ3n) is 3.66. The number of alkyl halides is 1. The fourth-order valence-electron chi connectivity index (χ4n) is 2.61. The molecule has 3 atom stereocenters. The van der Waals surface area contributed by atoms with Crippen molar-refractivity contribution < 1.29 is 4.79 Å². The van der Waals surface area contributed by atoms with Gasteiger partial charge in [0.25, 0.3) is 0 Å². The Kier molecular flexibility index (Phi) is 4.38. The third kappa shape index (κ3) is 1.98. The lowest BCUT2D eigenvalue weighted by Crippen LogP contribution is -2.50. The zero-order valence-corrected chi connectivity index (χ0v) is 11.2. The molecule has 0 aromatic rings. The number of nitriles is 2. The van der Waals surface area contributed by atoms with Crippen molar-refractivity contribution in [2.24, 2.45) is 23.0 Å². The van der Waals surface area contributed by atoms with Crippen molar-refractivity contribution in [1.29, 1.82) is 10.5 Å². The lowest BCUT2D eigenvalue weighted by atomic mass is 9.61. The SMILES string of the molecule is CCC1=C[C@@H](CC)C(C#N)(C#N)[C@@H](C(N)=O)[C@@H]1Cl. The van der Waals surface area contributed by atoms with E-state index in [1.165, 1.54) is 0 Å². The summed E-state index contributed by atoms with van der Waals surface area (Å²) in [6, 6.07) is 3.97. The lowest BCUT2D eigenvalue weighted by Gasteiger charge is -2.40. The van der Waals surface area contributed by atoms with Crippen molar-refractivity contribution in [1.82, 2.24) is 0 Å². The van der Waals surface area contributed by atoms with Crippen LogP contribution >= 0.6 is 11.6 Å². The van der Waals surface area contributed by atoms with Crippen LogP contribution in [0, 0.1) is 39.9 Å². The molecule has 0 heterocycles. The fourth-order valence-corrected chi connectivity index (χ4v) is 3.16. The summed E-state index contributed by atoms with van der Waals surface area (Å²) in [5, 5.41) is 18.1. The molecule has 18 heavy (non-hydrogen) atoms. The van der Waals surface area contributed by atoms with Crippen LogP contribution in [0.2, 0.25) is 0 Å². The molecule has 1 amide bonds. The van der Waals surface area contributed by atoms with Crippen LogP contribution in [0.15, 0.2) is 11.6 Å². The molecule has 2 N–H and O–H groups in total. The summed E-state index contributed by atoms with van der Waals surface area (Å²) in [5.74, 6) is -1.95. The molecule has 0 bridgehead atoms. The van der Waals surface area contributed by atoms with E-state index in [-0.39, 0.29) is 5.92 Å². The van der Waals surface area contributed by atoms with Gasteiger partial charge in [0.2, 0.25) is 5.91 Å². The molecule has 0 unspecified atom stereocenters. The second-order valence-electron chi connectivity index (χ2n) is 4.48. The minimum absolute atomic E-state index is 0.310. The standard InChI is InChI=1S/C13H16ClN3O/c1-3-8-5-9(4-2)13(6-15,7-16)10(11(8)14)12(17)18/h5,9-11H,3-4H2,1-2H3,(H2,17,18)/t9-,10-,11-/m1/s1. The molecule has 0 aromatic heterocycles. The molecule has 0 spiro atoms. The minimum atomic E-state index is -1.45. The van der Waals surface area contributed by atoms with Gasteiger partial charge in [0.1, 0.15) is 0 Å². The highest BCUT2D eigenvalue weighted by atomic mass is 35.5. The maximum absolute atomic E-state index is 11.6. The normalized spacial score (nSPS) is 29.8.